The molecule has 1 aromatic heterocycles. The Hall–Kier alpha value is -3.35. The van der Waals surface area contributed by atoms with Gasteiger partial charge in [-0.2, -0.15) is 0 Å². The summed E-state index contributed by atoms with van der Waals surface area (Å²) in [6, 6.07) is 12.6. The number of nitrogens with one attached hydrogen (secondary N) is 1. The SMILES string of the molecule is O=C(COc1ccc(F)cc1)Nc1c(C(=O)N2CCCCCC2)oc2ccccc12. The van der Waals surface area contributed by atoms with Crippen LogP contribution in [0.25, 0.3) is 11.0 Å². The van der Waals surface area contributed by atoms with E-state index in [4.69, 9.17) is 9.15 Å². The van der Waals surface area contributed by atoms with Crippen LogP contribution in [0.5, 0.6) is 5.75 Å². The quantitative estimate of drug-likeness (QED) is 0.667. The van der Waals surface area contributed by atoms with Gasteiger partial charge in [-0.1, -0.05) is 25.0 Å². The lowest BCUT2D eigenvalue weighted by atomic mass is 10.2. The number of amides is 2. The second-order valence-corrected chi connectivity index (χ2v) is 7.30. The molecule has 2 aromatic carbocycles. The summed E-state index contributed by atoms with van der Waals surface area (Å²) in [5.41, 5.74) is 0.887. The summed E-state index contributed by atoms with van der Waals surface area (Å²) in [6.45, 7) is 1.08. The predicted octanol–water partition coefficient (Wildman–Crippen LogP) is 4.61. The van der Waals surface area contributed by atoms with E-state index in [9.17, 15) is 14.0 Å². The number of benzene rings is 2. The van der Waals surface area contributed by atoms with Crippen LogP contribution in [0.3, 0.4) is 0 Å². The highest BCUT2D eigenvalue weighted by molar-refractivity contribution is 6.11. The van der Waals surface area contributed by atoms with Crippen LogP contribution in [0.2, 0.25) is 0 Å². The molecule has 1 aliphatic heterocycles. The molecule has 3 aromatic rings. The van der Waals surface area contributed by atoms with Crippen molar-refractivity contribution >= 4 is 28.5 Å². The summed E-state index contributed by atoms with van der Waals surface area (Å²) < 4.78 is 24.3. The van der Waals surface area contributed by atoms with Crippen LogP contribution in [0.1, 0.15) is 36.2 Å². The number of hydrogen-bond donors (Lipinski definition) is 1. The summed E-state index contributed by atoms with van der Waals surface area (Å²) in [7, 11) is 0. The van der Waals surface area contributed by atoms with E-state index >= 15 is 0 Å². The second-order valence-electron chi connectivity index (χ2n) is 7.30. The maximum atomic E-state index is 13.1. The topological polar surface area (TPSA) is 71.8 Å². The molecule has 156 valence electrons. The molecule has 0 atom stereocenters. The molecule has 2 heterocycles. The Balaban J connectivity index is 1.54. The molecule has 0 bridgehead atoms. The lowest BCUT2D eigenvalue weighted by Crippen LogP contribution is -2.32. The zero-order valence-corrected chi connectivity index (χ0v) is 16.5. The number of rotatable bonds is 5. The van der Waals surface area contributed by atoms with Gasteiger partial charge in [-0.3, -0.25) is 9.59 Å². The number of anilines is 1. The molecule has 0 spiro atoms. The van der Waals surface area contributed by atoms with E-state index in [1.165, 1.54) is 24.3 Å². The van der Waals surface area contributed by atoms with Crippen LogP contribution in [0, 0.1) is 5.82 Å². The third-order valence-corrected chi connectivity index (χ3v) is 5.13. The van der Waals surface area contributed by atoms with Crippen LogP contribution in [-0.2, 0) is 4.79 Å². The Morgan fingerprint density at radius 3 is 2.43 bits per heavy atom. The van der Waals surface area contributed by atoms with Gasteiger partial charge in [-0.25, -0.2) is 4.39 Å². The Morgan fingerprint density at radius 2 is 1.70 bits per heavy atom. The van der Waals surface area contributed by atoms with Gasteiger partial charge < -0.3 is 19.4 Å². The van der Waals surface area contributed by atoms with E-state index in [2.05, 4.69) is 5.32 Å². The molecule has 1 N–H and O–H groups in total. The summed E-state index contributed by atoms with van der Waals surface area (Å²) in [4.78, 5) is 27.5. The molecule has 1 fully saturated rings. The molecule has 30 heavy (non-hydrogen) atoms. The third kappa shape index (κ3) is 4.45. The number of para-hydroxylation sites is 1. The van der Waals surface area contributed by atoms with Crippen LogP contribution >= 0.6 is 0 Å². The van der Waals surface area contributed by atoms with E-state index in [-0.39, 0.29) is 24.1 Å². The maximum Gasteiger partial charge on any atom is 0.291 e. The summed E-state index contributed by atoms with van der Waals surface area (Å²) >= 11 is 0. The first-order valence-electron chi connectivity index (χ1n) is 10.1. The number of nitrogens with zero attached hydrogens (tertiary/aromatic N) is 1. The maximum absolute atomic E-state index is 13.1. The number of hydrogen-bond acceptors (Lipinski definition) is 4. The Bertz CT molecular complexity index is 1040. The lowest BCUT2D eigenvalue weighted by molar-refractivity contribution is -0.118. The fourth-order valence-electron chi connectivity index (χ4n) is 3.59. The van der Waals surface area contributed by atoms with Crippen molar-refractivity contribution < 1.29 is 23.1 Å². The standard InChI is InChI=1S/C23H23FN2O4/c24-16-9-11-17(12-10-16)29-15-20(27)25-21-18-7-3-4-8-19(18)30-22(21)23(28)26-13-5-1-2-6-14-26/h3-4,7-12H,1-2,5-6,13-15H2,(H,25,27). The molecule has 7 heteroatoms. The number of ether oxygens (including phenoxy) is 1. The van der Waals surface area contributed by atoms with Gasteiger partial charge in [-0.05, 0) is 49.2 Å². The van der Waals surface area contributed by atoms with E-state index in [1.54, 1.807) is 17.0 Å². The Labute approximate surface area is 173 Å². The van der Waals surface area contributed by atoms with Crippen molar-refractivity contribution in [1.82, 2.24) is 4.90 Å². The number of furan rings is 1. The average Bonchev–Trinajstić information content (AvgIpc) is 2.92. The van der Waals surface area contributed by atoms with Gasteiger partial charge in [0.1, 0.15) is 22.8 Å². The zero-order chi connectivity index (χ0) is 20.9. The highest BCUT2D eigenvalue weighted by atomic mass is 19.1. The van der Waals surface area contributed by atoms with Crippen molar-refractivity contribution in [2.45, 2.75) is 25.7 Å². The smallest absolute Gasteiger partial charge is 0.291 e. The van der Waals surface area contributed by atoms with Crippen molar-refractivity contribution in [2.24, 2.45) is 0 Å². The van der Waals surface area contributed by atoms with Gasteiger partial charge in [0.25, 0.3) is 11.8 Å². The van der Waals surface area contributed by atoms with Gasteiger partial charge in [-0.15, -0.1) is 0 Å². The largest absolute Gasteiger partial charge is 0.484 e. The van der Waals surface area contributed by atoms with Crippen LogP contribution in [-0.4, -0.2) is 36.4 Å². The van der Waals surface area contributed by atoms with Crippen LogP contribution < -0.4 is 10.1 Å². The first-order chi connectivity index (χ1) is 14.6. The molecule has 0 saturated carbocycles. The number of carbonyl (C=O) groups excluding carboxylic acids is 2. The zero-order valence-electron chi connectivity index (χ0n) is 16.5. The molecule has 0 radical (unpaired) electrons. The number of fused-ring (bicyclic) bond motifs is 1. The van der Waals surface area contributed by atoms with Crippen molar-refractivity contribution in [3.8, 4) is 5.75 Å². The minimum absolute atomic E-state index is 0.133. The summed E-state index contributed by atoms with van der Waals surface area (Å²) in [6.07, 6.45) is 4.13. The third-order valence-electron chi connectivity index (χ3n) is 5.13. The molecule has 0 aliphatic carbocycles. The van der Waals surface area contributed by atoms with Crippen molar-refractivity contribution in [3.05, 3.63) is 60.1 Å². The molecule has 1 saturated heterocycles. The fraction of sp³-hybridized carbons (Fsp3) is 0.304. The van der Waals surface area contributed by atoms with E-state index in [1.807, 2.05) is 12.1 Å². The minimum atomic E-state index is -0.434. The lowest BCUT2D eigenvalue weighted by Gasteiger charge is -2.19. The molecule has 6 nitrogen and oxygen atoms in total. The molecular weight excluding hydrogens is 387 g/mol. The number of halogens is 1. The summed E-state index contributed by atoms with van der Waals surface area (Å²) in [5.74, 6) is -0.523. The molecular formula is C23H23FN2O4. The van der Waals surface area contributed by atoms with E-state index in [0.717, 1.165) is 25.7 Å². The highest BCUT2D eigenvalue weighted by Gasteiger charge is 2.27. The number of carbonyl (C=O) groups is 2. The van der Waals surface area contributed by atoms with Crippen LogP contribution in [0.4, 0.5) is 10.1 Å². The Kier molecular flexibility index (Phi) is 5.97. The monoisotopic (exact) mass is 410 g/mol. The van der Waals surface area contributed by atoms with Gasteiger partial charge in [0.2, 0.25) is 5.76 Å². The predicted molar refractivity (Wildman–Crippen MR) is 111 cm³/mol. The first kappa shape index (κ1) is 19.9. The molecule has 4 rings (SSSR count). The minimum Gasteiger partial charge on any atom is -0.484 e. The number of likely N-dealkylation sites (tertiary alicyclic amines) is 1. The average molecular weight is 410 g/mol. The van der Waals surface area contributed by atoms with Crippen LogP contribution in [0.15, 0.2) is 52.9 Å². The second kappa shape index (κ2) is 8.98. The van der Waals surface area contributed by atoms with Gasteiger partial charge in [0, 0.05) is 18.5 Å². The molecule has 0 unspecified atom stereocenters. The van der Waals surface area contributed by atoms with E-state index < -0.39 is 5.91 Å². The normalized spacial score (nSPS) is 14.4. The van der Waals surface area contributed by atoms with Crippen molar-refractivity contribution in [1.29, 1.82) is 0 Å². The Morgan fingerprint density at radius 1 is 1.00 bits per heavy atom. The van der Waals surface area contributed by atoms with Gasteiger partial charge in [0.15, 0.2) is 6.61 Å². The highest BCUT2D eigenvalue weighted by Crippen LogP contribution is 2.32. The first-order valence-corrected chi connectivity index (χ1v) is 10.1. The van der Waals surface area contributed by atoms with Gasteiger partial charge >= 0.3 is 0 Å². The summed E-state index contributed by atoms with van der Waals surface area (Å²) in [5, 5.41) is 3.43. The molecule has 1 aliphatic rings. The van der Waals surface area contributed by atoms with Crippen molar-refractivity contribution in [3.63, 3.8) is 0 Å². The molecule has 2 amide bonds. The fourth-order valence-corrected chi connectivity index (χ4v) is 3.59. The van der Waals surface area contributed by atoms with Crippen molar-refractivity contribution in [2.75, 3.05) is 25.0 Å². The van der Waals surface area contributed by atoms with Gasteiger partial charge in [0.05, 0.1) is 0 Å². The van der Waals surface area contributed by atoms with E-state index in [0.29, 0.717) is 35.5 Å².